The number of carbonyl (C=O) groups excluding carboxylic acids is 1. The van der Waals surface area contributed by atoms with E-state index in [1.165, 1.54) is 18.2 Å². The minimum absolute atomic E-state index is 0.158. The summed E-state index contributed by atoms with van der Waals surface area (Å²) in [5, 5.41) is 5.25. The van der Waals surface area contributed by atoms with Gasteiger partial charge in [0, 0.05) is 18.8 Å². The number of rotatable bonds is 5. The lowest BCUT2D eigenvalue weighted by Crippen LogP contribution is -2.43. The second-order valence-corrected chi connectivity index (χ2v) is 5.50. The zero-order valence-electron chi connectivity index (χ0n) is 12.2. The highest BCUT2D eigenvalue weighted by Crippen LogP contribution is 2.16. The molecule has 122 valence electrons. The van der Waals surface area contributed by atoms with Crippen LogP contribution in [0.25, 0.3) is 0 Å². The first kappa shape index (κ1) is 16.6. The molecule has 1 aromatic rings. The lowest BCUT2D eigenvalue weighted by atomic mass is 9.98. The van der Waals surface area contributed by atoms with E-state index in [9.17, 15) is 18.0 Å². The summed E-state index contributed by atoms with van der Waals surface area (Å²) in [6, 6.07) is 5.20. The predicted molar refractivity (Wildman–Crippen MR) is 78.6 cm³/mol. The topological polar surface area (TPSA) is 44.4 Å². The molecule has 2 N–H and O–H groups in total. The molecule has 0 bridgehead atoms. The number of alkyl halides is 2. The normalized spacial score (nSPS) is 19.2. The van der Waals surface area contributed by atoms with E-state index in [2.05, 4.69) is 10.6 Å². The van der Waals surface area contributed by atoms with Crippen LogP contribution in [0.4, 0.5) is 23.7 Å². The van der Waals surface area contributed by atoms with Crippen LogP contribution < -0.4 is 10.6 Å². The summed E-state index contributed by atoms with van der Waals surface area (Å²) in [5.41, 5.74) is 0.375. The summed E-state index contributed by atoms with van der Waals surface area (Å²) < 4.78 is 37.8. The lowest BCUT2D eigenvalue weighted by Gasteiger charge is -2.32. The maximum absolute atomic E-state index is 13.0. The van der Waals surface area contributed by atoms with Crippen LogP contribution in [0.5, 0.6) is 0 Å². The van der Waals surface area contributed by atoms with Crippen LogP contribution in [-0.4, -0.2) is 43.5 Å². The Hall–Kier alpha value is -1.76. The fourth-order valence-electron chi connectivity index (χ4n) is 2.66. The number of nitrogens with zero attached hydrogens (tertiary/aromatic N) is 1. The van der Waals surface area contributed by atoms with E-state index in [1.54, 1.807) is 11.0 Å². The molecule has 1 heterocycles. The summed E-state index contributed by atoms with van der Waals surface area (Å²) in [4.78, 5) is 13.5. The molecule has 22 heavy (non-hydrogen) atoms. The maximum atomic E-state index is 13.0. The minimum atomic E-state index is -2.33. The average Bonchev–Trinajstić information content (AvgIpc) is 2.45. The molecule has 1 aromatic carbocycles. The Bertz CT molecular complexity index is 499. The van der Waals surface area contributed by atoms with Gasteiger partial charge in [-0.05, 0) is 43.5 Å². The van der Waals surface area contributed by atoms with Gasteiger partial charge in [-0.2, -0.15) is 0 Å². The Balaban J connectivity index is 1.73. The Morgan fingerprint density at radius 2 is 2.23 bits per heavy atom. The number of urea groups is 1. The van der Waals surface area contributed by atoms with Crippen molar-refractivity contribution >= 4 is 11.7 Å². The van der Waals surface area contributed by atoms with Crippen molar-refractivity contribution in [2.24, 2.45) is 5.92 Å². The van der Waals surface area contributed by atoms with Crippen molar-refractivity contribution in [1.29, 1.82) is 0 Å². The summed E-state index contributed by atoms with van der Waals surface area (Å²) >= 11 is 0. The fourth-order valence-corrected chi connectivity index (χ4v) is 2.66. The number of amides is 2. The Labute approximate surface area is 127 Å². The van der Waals surface area contributed by atoms with Gasteiger partial charge in [-0.15, -0.1) is 0 Å². The molecule has 0 saturated carbocycles. The fraction of sp³-hybridized carbons (Fsp3) is 0.533. The van der Waals surface area contributed by atoms with Crippen LogP contribution in [0.15, 0.2) is 24.3 Å². The molecule has 0 aromatic heterocycles. The third-order valence-electron chi connectivity index (χ3n) is 3.63. The van der Waals surface area contributed by atoms with Crippen molar-refractivity contribution in [3.05, 3.63) is 30.1 Å². The van der Waals surface area contributed by atoms with Gasteiger partial charge in [-0.25, -0.2) is 18.0 Å². The van der Waals surface area contributed by atoms with Gasteiger partial charge in [-0.3, -0.25) is 4.90 Å². The van der Waals surface area contributed by atoms with Crippen molar-refractivity contribution in [2.45, 2.75) is 19.3 Å². The van der Waals surface area contributed by atoms with E-state index < -0.39 is 18.3 Å². The van der Waals surface area contributed by atoms with Gasteiger partial charge in [-0.1, -0.05) is 6.07 Å². The van der Waals surface area contributed by atoms with Crippen molar-refractivity contribution < 1.29 is 18.0 Å². The highest BCUT2D eigenvalue weighted by molar-refractivity contribution is 5.89. The van der Waals surface area contributed by atoms with Gasteiger partial charge >= 0.3 is 6.03 Å². The number of halogens is 3. The van der Waals surface area contributed by atoms with Crippen LogP contribution in [0, 0.1) is 11.7 Å². The average molecular weight is 315 g/mol. The van der Waals surface area contributed by atoms with Gasteiger partial charge < -0.3 is 10.6 Å². The van der Waals surface area contributed by atoms with E-state index in [1.807, 2.05) is 0 Å². The highest BCUT2D eigenvalue weighted by Gasteiger charge is 2.22. The van der Waals surface area contributed by atoms with E-state index >= 15 is 0 Å². The van der Waals surface area contributed by atoms with Crippen molar-refractivity contribution in [1.82, 2.24) is 10.2 Å². The zero-order valence-corrected chi connectivity index (χ0v) is 12.2. The van der Waals surface area contributed by atoms with Crippen LogP contribution in [-0.2, 0) is 0 Å². The van der Waals surface area contributed by atoms with Crippen molar-refractivity contribution in [3.63, 3.8) is 0 Å². The lowest BCUT2D eigenvalue weighted by molar-refractivity contribution is 0.0651. The van der Waals surface area contributed by atoms with E-state index in [0.29, 0.717) is 25.3 Å². The van der Waals surface area contributed by atoms with Gasteiger partial charge in [0.05, 0.1) is 6.54 Å². The van der Waals surface area contributed by atoms with E-state index in [0.717, 1.165) is 12.8 Å². The van der Waals surface area contributed by atoms with Crippen molar-refractivity contribution in [3.8, 4) is 0 Å². The third kappa shape index (κ3) is 5.55. The quantitative estimate of drug-likeness (QED) is 0.877. The first-order valence-corrected chi connectivity index (χ1v) is 7.34. The molecule has 2 rings (SSSR count). The Kier molecular flexibility index (Phi) is 6.06. The molecule has 1 aliphatic heterocycles. The predicted octanol–water partition coefficient (Wildman–Crippen LogP) is 2.92. The largest absolute Gasteiger partial charge is 0.338 e. The maximum Gasteiger partial charge on any atom is 0.319 e. The molecular formula is C15H20F3N3O. The Morgan fingerprint density at radius 3 is 2.95 bits per heavy atom. The summed E-state index contributed by atoms with van der Waals surface area (Å²) in [6.45, 7) is 1.44. The number of piperidine rings is 1. The summed E-state index contributed by atoms with van der Waals surface area (Å²) in [5.74, 6) is -0.265. The molecule has 0 radical (unpaired) electrons. The van der Waals surface area contributed by atoms with Crippen LogP contribution in [0.2, 0.25) is 0 Å². The molecule has 1 saturated heterocycles. The second kappa shape index (κ2) is 8.03. The number of carbonyl (C=O) groups is 1. The molecule has 2 amide bonds. The first-order valence-electron chi connectivity index (χ1n) is 7.34. The van der Waals surface area contributed by atoms with Gasteiger partial charge in [0.15, 0.2) is 0 Å². The van der Waals surface area contributed by atoms with Crippen LogP contribution in [0.1, 0.15) is 12.8 Å². The molecule has 1 atom stereocenters. The second-order valence-electron chi connectivity index (χ2n) is 5.50. The molecule has 4 nitrogen and oxygen atoms in total. The zero-order chi connectivity index (χ0) is 15.9. The van der Waals surface area contributed by atoms with E-state index in [4.69, 9.17) is 0 Å². The van der Waals surface area contributed by atoms with Crippen molar-refractivity contribution in [2.75, 3.05) is 31.5 Å². The molecule has 1 fully saturated rings. The molecule has 7 heteroatoms. The minimum Gasteiger partial charge on any atom is -0.338 e. The number of hydrogen-bond donors (Lipinski definition) is 2. The summed E-state index contributed by atoms with van der Waals surface area (Å²) in [6.07, 6.45) is -0.576. The number of nitrogens with one attached hydrogen (secondary N) is 2. The standard InChI is InChI=1S/C15H20F3N3O/c16-12-4-1-5-13(7-12)20-15(22)19-8-11-3-2-6-21(9-11)10-14(17)18/h1,4-5,7,11,14H,2-3,6,8-10H2,(H2,19,20,22). The number of hydrogen-bond acceptors (Lipinski definition) is 2. The summed E-state index contributed by atoms with van der Waals surface area (Å²) in [7, 11) is 0. The van der Waals surface area contributed by atoms with Gasteiger partial charge in [0.25, 0.3) is 6.43 Å². The van der Waals surface area contributed by atoms with Gasteiger partial charge in [0.1, 0.15) is 5.82 Å². The smallest absolute Gasteiger partial charge is 0.319 e. The van der Waals surface area contributed by atoms with Gasteiger partial charge in [0.2, 0.25) is 0 Å². The monoisotopic (exact) mass is 315 g/mol. The SMILES string of the molecule is O=C(NCC1CCCN(CC(F)F)C1)Nc1cccc(F)c1. The Morgan fingerprint density at radius 1 is 1.41 bits per heavy atom. The number of benzene rings is 1. The highest BCUT2D eigenvalue weighted by atomic mass is 19.3. The molecule has 0 spiro atoms. The molecule has 1 unspecified atom stereocenters. The van der Waals surface area contributed by atoms with E-state index in [-0.39, 0.29) is 12.5 Å². The first-order chi connectivity index (χ1) is 10.5. The van der Waals surface area contributed by atoms with Crippen LogP contribution in [0.3, 0.4) is 0 Å². The molecular weight excluding hydrogens is 295 g/mol. The molecule has 0 aliphatic carbocycles. The number of likely N-dealkylation sites (tertiary alicyclic amines) is 1. The van der Waals surface area contributed by atoms with Crippen LogP contribution >= 0.6 is 0 Å². The third-order valence-corrected chi connectivity index (χ3v) is 3.63. The number of anilines is 1. The molecule has 1 aliphatic rings.